The number of esters is 1. The second-order valence-electron chi connectivity index (χ2n) is 5.92. The summed E-state index contributed by atoms with van der Waals surface area (Å²) in [5.74, 6) is 1.53. The number of ether oxygens (including phenoxy) is 1. The molecule has 1 fully saturated rings. The fraction of sp³-hybridized carbons (Fsp3) is 0.588. The van der Waals surface area contributed by atoms with E-state index in [0.717, 1.165) is 13.0 Å². The Kier molecular flexibility index (Phi) is 6.44. The Morgan fingerprint density at radius 3 is 2.88 bits per heavy atom. The molecule has 1 aliphatic heterocycles. The zero-order valence-corrected chi connectivity index (χ0v) is 15.2. The molecule has 0 aliphatic carbocycles. The highest BCUT2D eigenvalue weighted by atomic mass is 16.5. The Morgan fingerprint density at radius 2 is 2.24 bits per heavy atom. The topological polar surface area (TPSA) is 96.2 Å². The molecule has 0 radical (unpaired) electrons. The maximum absolute atomic E-state index is 11.7. The van der Waals surface area contributed by atoms with E-state index in [1.807, 2.05) is 11.8 Å². The minimum absolute atomic E-state index is 0.172. The first-order chi connectivity index (χ1) is 12.0. The van der Waals surface area contributed by atoms with Crippen molar-refractivity contribution in [1.82, 2.24) is 15.5 Å². The summed E-state index contributed by atoms with van der Waals surface area (Å²) in [6.07, 6.45) is 1.42. The zero-order valence-electron chi connectivity index (χ0n) is 15.2. The van der Waals surface area contributed by atoms with Crippen LogP contribution in [-0.2, 0) is 16.1 Å². The van der Waals surface area contributed by atoms with Gasteiger partial charge in [-0.2, -0.15) is 0 Å². The van der Waals surface area contributed by atoms with Gasteiger partial charge in [0, 0.05) is 32.6 Å². The van der Waals surface area contributed by atoms with Crippen molar-refractivity contribution in [2.75, 3.05) is 27.2 Å². The molecule has 2 rings (SSSR count). The maximum Gasteiger partial charge on any atom is 0.341 e. The third-order valence-electron chi connectivity index (χ3n) is 4.21. The molecule has 25 heavy (non-hydrogen) atoms. The molecule has 8 heteroatoms. The van der Waals surface area contributed by atoms with Crippen molar-refractivity contribution < 1.29 is 18.7 Å². The van der Waals surface area contributed by atoms with Crippen molar-refractivity contribution in [2.45, 2.75) is 39.3 Å². The minimum Gasteiger partial charge on any atom is -0.465 e. The summed E-state index contributed by atoms with van der Waals surface area (Å²) in [5, 5.41) is 6.47. The molecule has 1 aromatic heterocycles. The first-order valence-corrected chi connectivity index (χ1v) is 8.41. The molecular weight excluding hydrogens is 324 g/mol. The molecule has 1 unspecified atom stereocenters. The Balaban J connectivity index is 1.87. The van der Waals surface area contributed by atoms with Gasteiger partial charge in [0.2, 0.25) is 5.91 Å². The third-order valence-corrected chi connectivity index (χ3v) is 4.21. The van der Waals surface area contributed by atoms with Crippen molar-refractivity contribution in [2.24, 2.45) is 4.99 Å². The molecule has 0 spiro atoms. The van der Waals surface area contributed by atoms with E-state index in [9.17, 15) is 9.59 Å². The van der Waals surface area contributed by atoms with E-state index >= 15 is 0 Å². The molecule has 0 aromatic carbocycles. The van der Waals surface area contributed by atoms with Crippen LogP contribution in [0.4, 0.5) is 0 Å². The number of hydrogen-bond donors (Lipinski definition) is 2. The van der Waals surface area contributed by atoms with Gasteiger partial charge >= 0.3 is 5.97 Å². The summed E-state index contributed by atoms with van der Waals surface area (Å²) in [5.41, 5.74) is 0.423. The molecule has 1 aromatic rings. The van der Waals surface area contributed by atoms with Crippen molar-refractivity contribution in [3.05, 3.63) is 23.2 Å². The number of amides is 1. The SMILES string of the molecule is CCC(=O)N1CCC(NC(=NC)NCc2cc(C(=O)OC)c(C)o2)C1. The molecule has 1 saturated heterocycles. The van der Waals surface area contributed by atoms with Gasteiger partial charge in [-0.15, -0.1) is 0 Å². The van der Waals surface area contributed by atoms with Gasteiger partial charge in [-0.1, -0.05) is 6.92 Å². The van der Waals surface area contributed by atoms with E-state index in [4.69, 9.17) is 9.15 Å². The number of likely N-dealkylation sites (tertiary alicyclic amines) is 1. The number of hydrogen-bond acceptors (Lipinski definition) is 5. The van der Waals surface area contributed by atoms with Gasteiger partial charge < -0.3 is 24.7 Å². The molecule has 2 N–H and O–H groups in total. The Labute approximate surface area is 147 Å². The van der Waals surface area contributed by atoms with Crippen LogP contribution in [0.1, 0.15) is 41.6 Å². The lowest BCUT2D eigenvalue weighted by Gasteiger charge is -2.18. The standard InChI is InChI=1S/C17H26N4O4/c1-5-15(22)21-7-6-12(10-21)20-17(18-3)19-9-13-8-14(11(2)25-13)16(23)24-4/h8,12H,5-7,9-10H2,1-4H3,(H2,18,19,20). The number of aryl methyl sites for hydroxylation is 1. The fourth-order valence-electron chi connectivity index (χ4n) is 2.83. The predicted molar refractivity (Wildman–Crippen MR) is 93.4 cm³/mol. The highest BCUT2D eigenvalue weighted by Crippen LogP contribution is 2.15. The van der Waals surface area contributed by atoms with E-state index in [-0.39, 0.29) is 11.9 Å². The van der Waals surface area contributed by atoms with Crippen LogP contribution in [0.15, 0.2) is 15.5 Å². The Hall–Kier alpha value is -2.51. The third kappa shape index (κ3) is 4.74. The van der Waals surface area contributed by atoms with Crippen molar-refractivity contribution in [3.8, 4) is 0 Å². The normalized spacial score (nSPS) is 17.5. The van der Waals surface area contributed by atoms with E-state index in [0.29, 0.717) is 42.6 Å². The number of aliphatic imine (C=N–C) groups is 1. The van der Waals surface area contributed by atoms with Gasteiger partial charge in [-0.05, 0) is 19.4 Å². The number of carbonyl (C=O) groups excluding carboxylic acids is 2. The molecule has 0 saturated carbocycles. The highest BCUT2D eigenvalue weighted by molar-refractivity contribution is 5.90. The van der Waals surface area contributed by atoms with Crippen molar-refractivity contribution in [3.63, 3.8) is 0 Å². The van der Waals surface area contributed by atoms with Crippen molar-refractivity contribution >= 4 is 17.8 Å². The number of nitrogens with zero attached hydrogens (tertiary/aromatic N) is 2. The van der Waals surface area contributed by atoms with Crippen LogP contribution in [0.25, 0.3) is 0 Å². The van der Waals surface area contributed by atoms with Crippen LogP contribution >= 0.6 is 0 Å². The number of guanidine groups is 1. The van der Waals surface area contributed by atoms with Crippen LogP contribution in [0.2, 0.25) is 0 Å². The van der Waals surface area contributed by atoms with Gasteiger partial charge in [0.05, 0.1) is 13.7 Å². The van der Waals surface area contributed by atoms with Gasteiger partial charge in [-0.25, -0.2) is 4.79 Å². The van der Waals surface area contributed by atoms with Crippen molar-refractivity contribution in [1.29, 1.82) is 0 Å². The Bertz CT molecular complexity index is 653. The summed E-state index contributed by atoms with van der Waals surface area (Å²) < 4.78 is 10.3. The fourth-order valence-corrected chi connectivity index (χ4v) is 2.83. The molecule has 1 atom stereocenters. The number of rotatable bonds is 5. The quantitative estimate of drug-likeness (QED) is 0.468. The minimum atomic E-state index is -0.415. The van der Waals surface area contributed by atoms with Crippen LogP contribution in [0.3, 0.4) is 0 Å². The average molecular weight is 350 g/mol. The zero-order chi connectivity index (χ0) is 18.4. The second-order valence-corrected chi connectivity index (χ2v) is 5.92. The molecule has 1 aliphatic rings. The average Bonchev–Trinajstić information content (AvgIpc) is 3.23. The van der Waals surface area contributed by atoms with Gasteiger partial charge in [0.1, 0.15) is 17.1 Å². The number of carbonyl (C=O) groups is 2. The van der Waals surface area contributed by atoms with Crippen LogP contribution in [0.5, 0.6) is 0 Å². The second kappa shape index (κ2) is 8.55. The summed E-state index contributed by atoms with van der Waals surface area (Å²) in [7, 11) is 3.03. The molecular formula is C17H26N4O4. The van der Waals surface area contributed by atoms with Crippen LogP contribution in [-0.4, -0.2) is 56.0 Å². The lowest BCUT2D eigenvalue weighted by molar-refractivity contribution is -0.129. The lowest BCUT2D eigenvalue weighted by atomic mass is 10.2. The number of methoxy groups -OCH3 is 1. The van der Waals surface area contributed by atoms with Gasteiger partial charge in [-0.3, -0.25) is 9.79 Å². The van der Waals surface area contributed by atoms with E-state index in [1.165, 1.54) is 7.11 Å². The summed E-state index contributed by atoms with van der Waals surface area (Å²) >= 11 is 0. The number of furan rings is 1. The van der Waals surface area contributed by atoms with E-state index in [1.54, 1.807) is 20.0 Å². The summed E-state index contributed by atoms with van der Waals surface area (Å²) in [6, 6.07) is 1.84. The highest BCUT2D eigenvalue weighted by Gasteiger charge is 2.25. The molecule has 8 nitrogen and oxygen atoms in total. The van der Waals surface area contributed by atoms with Gasteiger partial charge in [0.25, 0.3) is 0 Å². The first-order valence-electron chi connectivity index (χ1n) is 8.41. The molecule has 0 bridgehead atoms. The molecule has 2 heterocycles. The van der Waals surface area contributed by atoms with Crippen LogP contribution in [0, 0.1) is 6.92 Å². The first kappa shape index (κ1) is 18.8. The molecule has 138 valence electrons. The summed E-state index contributed by atoms with van der Waals surface area (Å²) in [4.78, 5) is 29.4. The maximum atomic E-state index is 11.7. The van der Waals surface area contributed by atoms with E-state index in [2.05, 4.69) is 15.6 Å². The number of nitrogens with one attached hydrogen (secondary N) is 2. The predicted octanol–water partition coefficient (Wildman–Crippen LogP) is 1.05. The van der Waals surface area contributed by atoms with E-state index < -0.39 is 5.97 Å². The monoisotopic (exact) mass is 350 g/mol. The molecule has 1 amide bonds. The summed E-state index contributed by atoms with van der Waals surface area (Å²) in [6.45, 7) is 5.43. The Morgan fingerprint density at radius 1 is 1.48 bits per heavy atom. The largest absolute Gasteiger partial charge is 0.465 e. The van der Waals surface area contributed by atoms with Crippen LogP contribution < -0.4 is 10.6 Å². The van der Waals surface area contributed by atoms with Gasteiger partial charge in [0.15, 0.2) is 5.96 Å². The smallest absolute Gasteiger partial charge is 0.341 e. The lowest BCUT2D eigenvalue weighted by Crippen LogP contribution is -2.44.